The van der Waals surface area contributed by atoms with E-state index in [1.165, 1.54) is 29.7 Å². The molecule has 154 valence electrons. The lowest BCUT2D eigenvalue weighted by atomic mass is 9.79. The number of aromatic nitrogens is 1. The highest BCUT2D eigenvalue weighted by molar-refractivity contribution is 7.16. The fourth-order valence-corrected chi connectivity index (χ4v) is 5.27. The third kappa shape index (κ3) is 3.94. The standard InChI is InChI=1S/C22H26N2O4S/c1-3-4-5-13-6-8-14(9-7-13)19-12(2)29-22(23-19)24-20(25)17-15-10-11-16(28-15)18(17)21(26)27/h6-9,15-18H,3-5,10-11H2,1-2H3,(H,26,27)(H,23,24,25)/p-1. The molecule has 4 unspecified atom stereocenters. The SMILES string of the molecule is CCCCc1ccc(-c2nc(NC(=O)C3C4CCC(O4)C3C(=O)[O-])sc2C)cc1. The van der Waals surface area contributed by atoms with E-state index in [9.17, 15) is 14.7 Å². The summed E-state index contributed by atoms with van der Waals surface area (Å²) >= 11 is 1.40. The average Bonchev–Trinajstić information content (AvgIpc) is 3.41. The molecule has 0 aliphatic carbocycles. The minimum Gasteiger partial charge on any atom is -0.550 e. The van der Waals surface area contributed by atoms with E-state index in [1.54, 1.807) is 0 Å². The van der Waals surface area contributed by atoms with Gasteiger partial charge in [0, 0.05) is 22.3 Å². The first kappa shape index (κ1) is 20.0. The zero-order valence-corrected chi connectivity index (χ0v) is 17.5. The minimum absolute atomic E-state index is 0.346. The molecule has 4 rings (SSSR count). The number of unbranched alkanes of at least 4 members (excludes halogenated alkanes) is 1. The van der Waals surface area contributed by atoms with Crippen LogP contribution in [0.4, 0.5) is 5.13 Å². The second-order valence-electron chi connectivity index (χ2n) is 7.87. The molecule has 2 aromatic rings. The fourth-order valence-electron chi connectivity index (χ4n) is 4.43. The van der Waals surface area contributed by atoms with Gasteiger partial charge in [-0.3, -0.25) is 4.79 Å². The number of hydrogen-bond acceptors (Lipinski definition) is 6. The van der Waals surface area contributed by atoms with Gasteiger partial charge in [0.25, 0.3) is 0 Å². The number of rotatable bonds is 7. The number of carboxylic acids is 1. The molecule has 1 amide bonds. The number of carbonyl (C=O) groups excluding carboxylic acids is 2. The number of aryl methyl sites for hydroxylation is 2. The summed E-state index contributed by atoms with van der Waals surface area (Å²) in [5, 5.41) is 14.8. The number of thiazole rings is 1. The van der Waals surface area contributed by atoms with Crippen LogP contribution in [-0.4, -0.2) is 29.1 Å². The van der Waals surface area contributed by atoms with Crippen LogP contribution in [0.1, 0.15) is 43.0 Å². The number of anilines is 1. The second kappa shape index (κ2) is 8.24. The first-order chi connectivity index (χ1) is 14.0. The average molecular weight is 414 g/mol. The van der Waals surface area contributed by atoms with E-state index in [0.717, 1.165) is 22.6 Å². The molecule has 1 N–H and O–H groups in total. The Labute approximate surface area is 174 Å². The number of fused-ring (bicyclic) bond motifs is 2. The molecule has 2 aliphatic heterocycles. The molecule has 4 atom stereocenters. The Balaban J connectivity index is 1.48. The molecule has 0 radical (unpaired) electrons. The molecule has 7 heteroatoms. The van der Waals surface area contributed by atoms with Crippen molar-refractivity contribution in [3.8, 4) is 11.3 Å². The molecular formula is C22H25N2O4S-. The van der Waals surface area contributed by atoms with E-state index in [0.29, 0.717) is 18.0 Å². The maximum Gasteiger partial charge on any atom is 0.232 e. The lowest BCUT2D eigenvalue weighted by molar-refractivity contribution is -0.313. The van der Waals surface area contributed by atoms with Crippen LogP contribution in [0.25, 0.3) is 11.3 Å². The van der Waals surface area contributed by atoms with Gasteiger partial charge in [0.05, 0.1) is 23.8 Å². The molecule has 1 aromatic heterocycles. The molecule has 6 nitrogen and oxygen atoms in total. The Morgan fingerprint density at radius 2 is 1.90 bits per heavy atom. The second-order valence-corrected chi connectivity index (χ2v) is 9.08. The molecular weight excluding hydrogens is 388 g/mol. The Morgan fingerprint density at radius 1 is 1.21 bits per heavy atom. The first-order valence-electron chi connectivity index (χ1n) is 10.2. The van der Waals surface area contributed by atoms with E-state index in [4.69, 9.17) is 4.74 Å². The van der Waals surface area contributed by atoms with Gasteiger partial charge in [-0.05, 0) is 38.2 Å². The van der Waals surface area contributed by atoms with Crippen molar-refractivity contribution in [1.29, 1.82) is 0 Å². The summed E-state index contributed by atoms with van der Waals surface area (Å²) in [4.78, 5) is 29.9. The van der Waals surface area contributed by atoms with Crippen LogP contribution in [0.2, 0.25) is 0 Å². The third-order valence-electron chi connectivity index (χ3n) is 5.92. The maximum atomic E-state index is 12.8. The number of aliphatic carboxylic acids is 1. The number of carboxylic acid groups (broad SMARTS) is 1. The van der Waals surface area contributed by atoms with Gasteiger partial charge >= 0.3 is 0 Å². The van der Waals surface area contributed by atoms with E-state index >= 15 is 0 Å². The zero-order valence-electron chi connectivity index (χ0n) is 16.6. The quantitative estimate of drug-likeness (QED) is 0.754. The van der Waals surface area contributed by atoms with E-state index in [1.807, 2.05) is 6.92 Å². The van der Waals surface area contributed by atoms with E-state index in [-0.39, 0.29) is 12.0 Å². The number of nitrogens with one attached hydrogen (secondary N) is 1. The van der Waals surface area contributed by atoms with Crippen LogP contribution in [0, 0.1) is 18.8 Å². The zero-order chi connectivity index (χ0) is 20.5. The van der Waals surface area contributed by atoms with Gasteiger partial charge < -0.3 is 20.0 Å². The number of benzene rings is 1. The van der Waals surface area contributed by atoms with Gasteiger partial charge in [-0.1, -0.05) is 37.6 Å². The van der Waals surface area contributed by atoms with Gasteiger partial charge in [-0.25, -0.2) is 4.98 Å². The van der Waals surface area contributed by atoms with Gasteiger partial charge in [0.2, 0.25) is 5.91 Å². The Morgan fingerprint density at radius 3 is 2.55 bits per heavy atom. The van der Waals surface area contributed by atoms with Crippen molar-refractivity contribution in [2.75, 3.05) is 5.32 Å². The summed E-state index contributed by atoms with van der Waals surface area (Å²) in [5.41, 5.74) is 3.16. The van der Waals surface area contributed by atoms with Crippen molar-refractivity contribution in [2.24, 2.45) is 11.8 Å². The van der Waals surface area contributed by atoms with E-state index in [2.05, 4.69) is 41.5 Å². The number of hydrogen-bond donors (Lipinski definition) is 1. The Hall–Kier alpha value is -2.25. The molecule has 3 heterocycles. The summed E-state index contributed by atoms with van der Waals surface area (Å²) in [5.74, 6) is -3.16. The molecule has 2 saturated heterocycles. The van der Waals surface area contributed by atoms with Crippen molar-refractivity contribution in [3.05, 3.63) is 34.7 Å². The maximum absolute atomic E-state index is 12.8. The largest absolute Gasteiger partial charge is 0.550 e. The lowest BCUT2D eigenvalue weighted by Crippen LogP contribution is -2.46. The topological polar surface area (TPSA) is 91.3 Å². The van der Waals surface area contributed by atoms with Crippen LogP contribution in [0.15, 0.2) is 24.3 Å². The number of carbonyl (C=O) groups is 2. The molecule has 29 heavy (non-hydrogen) atoms. The summed E-state index contributed by atoms with van der Waals surface area (Å²) in [6, 6.07) is 8.38. The Kier molecular flexibility index (Phi) is 5.69. The van der Waals surface area contributed by atoms with Gasteiger partial charge in [-0.2, -0.15) is 0 Å². The predicted octanol–water partition coefficient (Wildman–Crippen LogP) is 2.94. The smallest absolute Gasteiger partial charge is 0.232 e. The normalized spacial score (nSPS) is 25.3. The predicted molar refractivity (Wildman–Crippen MR) is 109 cm³/mol. The van der Waals surface area contributed by atoms with Crippen molar-refractivity contribution in [1.82, 2.24) is 4.98 Å². The van der Waals surface area contributed by atoms with E-state index < -0.39 is 23.9 Å². The van der Waals surface area contributed by atoms with Crippen LogP contribution in [-0.2, 0) is 20.7 Å². The summed E-state index contributed by atoms with van der Waals surface area (Å²) in [6.07, 6.45) is 4.02. The lowest BCUT2D eigenvalue weighted by Gasteiger charge is -2.27. The molecule has 2 fully saturated rings. The highest BCUT2D eigenvalue weighted by Gasteiger charge is 2.52. The van der Waals surface area contributed by atoms with Crippen LogP contribution in [0.3, 0.4) is 0 Å². The van der Waals surface area contributed by atoms with Crippen molar-refractivity contribution in [3.63, 3.8) is 0 Å². The van der Waals surface area contributed by atoms with Crippen molar-refractivity contribution in [2.45, 2.75) is 58.2 Å². The molecule has 0 spiro atoms. The molecule has 2 bridgehead atoms. The molecule has 0 saturated carbocycles. The highest BCUT2D eigenvalue weighted by Crippen LogP contribution is 2.44. The minimum atomic E-state index is -1.21. The number of amides is 1. The monoisotopic (exact) mass is 413 g/mol. The molecule has 1 aromatic carbocycles. The van der Waals surface area contributed by atoms with Crippen LogP contribution in [0.5, 0.6) is 0 Å². The third-order valence-corrected chi connectivity index (χ3v) is 6.81. The summed E-state index contributed by atoms with van der Waals surface area (Å²) in [6.45, 7) is 4.15. The number of ether oxygens (including phenoxy) is 1. The van der Waals surface area contributed by atoms with Crippen molar-refractivity contribution >= 4 is 28.3 Å². The van der Waals surface area contributed by atoms with Gasteiger partial charge in [0.1, 0.15) is 0 Å². The summed E-state index contributed by atoms with van der Waals surface area (Å²) in [7, 11) is 0. The van der Waals surface area contributed by atoms with Crippen molar-refractivity contribution < 1.29 is 19.4 Å². The first-order valence-corrected chi connectivity index (χ1v) is 11.0. The van der Waals surface area contributed by atoms with Gasteiger partial charge in [0.15, 0.2) is 5.13 Å². The fraction of sp³-hybridized carbons (Fsp3) is 0.500. The molecule has 2 aliphatic rings. The Bertz CT molecular complexity index is 908. The van der Waals surface area contributed by atoms with Crippen LogP contribution >= 0.6 is 11.3 Å². The highest BCUT2D eigenvalue weighted by atomic mass is 32.1. The summed E-state index contributed by atoms with van der Waals surface area (Å²) < 4.78 is 5.66. The number of nitrogens with zero attached hydrogens (tertiary/aromatic N) is 1. The van der Waals surface area contributed by atoms with Gasteiger partial charge in [-0.15, -0.1) is 11.3 Å². The van der Waals surface area contributed by atoms with Crippen LogP contribution < -0.4 is 10.4 Å².